The first-order valence-electron chi connectivity index (χ1n) is 6.93. The number of halogens is 2. The van der Waals surface area contributed by atoms with Crippen LogP contribution in [-0.2, 0) is 9.59 Å². The molecule has 0 bridgehead atoms. The topological polar surface area (TPSA) is 78.4 Å². The Kier molecular flexibility index (Phi) is 7.13. The highest BCUT2D eigenvalue weighted by Gasteiger charge is 2.16. The van der Waals surface area contributed by atoms with Crippen molar-refractivity contribution in [2.24, 2.45) is 5.92 Å². The fraction of sp³-hybridized carbons (Fsp3) is 0.467. The monoisotopic (exact) mass is 346 g/mol. The minimum Gasteiger partial charge on any atom is -0.393 e. The summed E-state index contributed by atoms with van der Waals surface area (Å²) in [4.78, 5) is 23.5. The van der Waals surface area contributed by atoms with Gasteiger partial charge in [0.15, 0.2) is 0 Å². The maximum absolute atomic E-state index is 11.8. The molecule has 0 spiro atoms. The van der Waals surface area contributed by atoms with Crippen molar-refractivity contribution < 1.29 is 14.7 Å². The first kappa shape index (κ1) is 18.7. The number of hydrogen-bond acceptors (Lipinski definition) is 3. The van der Waals surface area contributed by atoms with Crippen LogP contribution < -0.4 is 10.6 Å². The fourth-order valence-electron chi connectivity index (χ4n) is 1.92. The van der Waals surface area contributed by atoms with Gasteiger partial charge in [-0.15, -0.1) is 0 Å². The summed E-state index contributed by atoms with van der Waals surface area (Å²) in [5.74, 6) is -1.47. The molecule has 0 heterocycles. The summed E-state index contributed by atoms with van der Waals surface area (Å²) in [6.45, 7) is 5.62. The van der Waals surface area contributed by atoms with Crippen molar-refractivity contribution in [1.29, 1.82) is 0 Å². The van der Waals surface area contributed by atoms with Gasteiger partial charge in [0.1, 0.15) is 0 Å². The third-order valence-electron chi connectivity index (χ3n) is 3.10. The van der Waals surface area contributed by atoms with E-state index >= 15 is 0 Å². The minimum atomic E-state index is -0.791. The van der Waals surface area contributed by atoms with Gasteiger partial charge in [-0.1, -0.05) is 30.1 Å². The van der Waals surface area contributed by atoms with E-state index in [1.54, 1.807) is 13.8 Å². The molecule has 2 amide bonds. The van der Waals surface area contributed by atoms with E-state index in [-0.39, 0.29) is 5.92 Å². The zero-order chi connectivity index (χ0) is 16.9. The lowest BCUT2D eigenvalue weighted by Crippen LogP contribution is -2.38. The Morgan fingerprint density at radius 2 is 1.73 bits per heavy atom. The third kappa shape index (κ3) is 5.83. The second kappa shape index (κ2) is 8.36. The molecular formula is C15H20Cl2N2O3. The summed E-state index contributed by atoms with van der Waals surface area (Å²) >= 11 is 11.9. The molecule has 0 aromatic heterocycles. The number of amides is 2. The van der Waals surface area contributed by atoms with Gasteiger partial charge in [0.2, 0.25) is 0 Å². The molecule has 0 saturated carbocycles. The number of aliphatic hydroxyl groups excluding tert-OH is 1. The lowest BCUT2D eigenvalue weighted by molar-refractivity contribution is -0.136. The number of anilines is 1. The number of aliphatic hydroxyl groups is 1. The standard InChI is InChI=1S/C15H20Cl2N2O3/c1-8(4-9(2)20)7-18-14(21)15(22)19-11-5-12(16)10(3)13(17)6-11/h5-6,8-9,20H,4,7H2,1-3H3,(H,18,21)(H,19,22). The summed E-state index contributed by atoms with van der Waals surface area (Å²) in [6.07, 6.45) is 0.100. The van der Waals surface area contributed by atoms with Crippen molar-refractivity contribution in [2.75, 3.05) is 11.9 Å². The summed E-state index contributed by atoms with van der Waals surface area (Å²) in [5.41, 5.74) is 1.07. The van der Waals surface area contributed by atoms with Gasteiger partial charge in [0, 0.05) is 22.3 Å². The minimum absolute atomic E-state index is 0.0695. The predicted octanol–water partition coefficient (Wildman–Crippen LogP) is 2.76. The smallest absolute Gasteiger partial charge is 0.313 e. The highest BCUT2D eigenvalue weighted by Crippen LogP contribution is 2.27. The highest BCUT2D eigenvalue weighted by atomic mass is 35.5. The average Bonchev–Trinajstić information content (AvgIpc) is 2.41. The Labute approximate surface area is 140 Å². The molecule has 0 aliphatic carbocycles. The second-order valence-electron chi connectivity index (χ2n) is 5.42. The highest BCUT2D eigenvalue weighted by molar-refractivity contribution is 6.40. The fourth-order valence-corrected chi connectivity index (χ4v) is 2.41. The van der Waals surface area contributed by atoms with E-state index in [0.717, 1.165) is 0 Å². The number of carbonyl (C=O) groups excluding carboxylic acids is 2. The summed E-state index contributed by atoms with van der Waals surface area (Å²) in [5, 5.41) is 15.0. The SMILES string of the molecule is Cc1c(Cl)cc(NC(=O)C(=O)NCC(C)CC(C)O)cc1Cl. The van der Waals surface area contributed by atoms with Crippen LogP contribution in [0.4, 0.5) is 5.69 Å². The molecule has 5 nitrogen and oxygen atoms in total. The molecule has 1 rings (SSSR count). The zero-order valence-electron chi connectivity index (χ0n) is 12.7. The average molecular weight is 347 g/mol. The van der Waals surface area contributed by atoms with Crippen molar-refractivity contribution in [3.63, 3.8) is 0 Å². The second-order valence-corrected chi connectivity index (χ2v) is 6.23. The molecule has 122 valence electrons. The first-order valence-corrected chi connectivity index (χ1v) is 7.69. The van der Waals surface area contributed by atoms with Crippen molar-refractivity contribution >= 4 is 40.7 Å². The molecule has 0 radical (unpaired) electrons. The largest absolute Gasteiger partial charge is 0.393 e. The van der Waals surface area contributed by atoms with Crippen LogP contribution in [0.2, 0.25) is 10.0 Å². The number of hydrogen-bond donors (Lipinski definition) is 3. The number of nitrogens with one attached hydrogen (secondary N) is 2. The van der Waals surface area contributed by atoms with E-state index in [2.05, 4.69) is 10.6 Å². The van der Waals surface area contributed by atoms with Crippen LogP contribution >= 0.6 is 23.2 Å². The van der Waals surface area contributed by atoms with E-state index < -0.39 is 17.9 Å². The molecule has 3 N–H and O–H groups in total. The van der Waals surface area contributed by atoms with Crippen LogP contribution in [-0.4, -0.2) is 29.6 Å². The summed E-state index contributed by atoms with van der Waals surface area (Å²) in [6, 6.07) is 3.06. The Bertz CT molecular complexity index is 539. The van der Waals surface area contributed by atoms with Gasteiger partial charge < -0.3 is 15.7 Å². The normalized spacial score (nSPS) is 13.4. The van der Waals surface area contributed by atoms with Crippen LogP contribution in [0.15, 0.2) is 12.1 Å². The molecule has 1 aromatic rings. The van der Waals surface area contributed by atoms with Crippen LogP contribution in [0.1, 0.15) is 25.8 Å². The number of rotatable bonds is 5. The predicted molar refractivity (Wildman–Crippen MR) is 88.3 cm³/mol. The number of benzene rings is 1. The van der Waals surface area contributed by atoms with Gasteiger partial charge in [0.25, 0.3) is 0 Å². The van der Waals surface area contributed by atoms with E-state index in [1.165, 1.54) is 12.1 Å². The van der Waals surface area contributed by atoms with Crippen LogP contribution in [0.5, 0.6) is 0 Å². The molecule has 0 aliphatic heterocycles. The molecule has 0 aliphatic rings. The Balaban J connectivity index is 2.56. The van der Waals surface area contributed by atoms with E-state index in [0.29, 0.717) is 34.3 Å². The van der Waals surface area contributed by atoms with Gasteiger partial charge >= 0.3 is 11.8 Å². The molecule has 7 heteroatoms. The van der Waals surface area contributed by atoms with Crippen LogP contribution in [0.25, 0.3) is 0 Å². The Hall–Kier alpha value is -1.30. The van der Waals surface area contributed by atoms with Crippen LogP contribution in [0.3, 0.4) is 0 Å². The van der Waals surface area contributed by atoms with Crippen molar-refractivity contribution in [2.45, 2.75) is 33.3 Å². The van der Waals surface area contributed by atoms with Gasteiger partial charge in [-0.05, 0) is 43.9 Å². The van der Waals surface area contributed by atoms with Gasteiger partial charge in [-0.3, -0.25) is 9.59 Å². The molecule has 0 saturated heterocycles. The first-order chi connectivity index (χ1) is 10.2. The maximum Gasteiger partial charge on any atom is 0.313 e. The molecule has 22 heavy (non-hydrogen) atoms. The molecular weight excluding hydrogens is 327 g/mol. The van der Waals surface area contributed by atoms with E-state index in [9.17, 15) is 14.7 Å². The van der Waals surface area contributed by atoms with Gasteiger partial charge in [0.05, 0.1) is 6.10 Å². The lowest BCUT2D eigenvalue weighted by atomic mass is 10.0. The van der Waals surface area contributed by atoms with Crippen LogP contribution in [0, 0.1) is 12.8 Å². The van der Waals surface area contributed by atoms with E-state index in [4.69, 9.17) is 23.2 Å². The molecule has 2 atom stereocenters. The lowest BCUT2D eigenvalue weighted by Gasteiger charge is -2.14. The molecule has 0 fully saturated rings. The summed E-state index contributed by atoms with van der Waals surface area (Å²) in [7, 11) is 0. The Morgan fingerprint density at radius 3 is 2.23 bits per heavy atom. The van der Waals surface area contributed by atoms with Crippen molar-refractivity contribution in [3.05, 3.63) is 27.7 Å². The van der Waals surface area contributed by atoms with E-state index in [1.807, 2.05) is 6.92 Å². The quantitative estimate of drug-likeness (QED) is 0.717. The summed E-state index contributed by atoms with van der Waals surface area (Å²) < 4.78 is 0. The number of carbonyl (C=O) groups is 2. The molecule has 1 aromatic carbocycles. The van der Waals surface area contributed by atoms with Crippen molar-refractivity contribution in [1.82, 2.24) is 5.32 Å². The third-order valence-corrected chi connectivity index (χ3v) is 3.88. The van der Waals surface area contributed by atoms with Gasteiger partial charge in [-0.2, -0.15) is 0 Å². The molecule has 2 unspecified atom stereocenters. The zero-order valence-corrected chi connectivity index (χ0v) is 14.3. The maximum atomic E-state index is 11.8. The Morgan fingerprint density at radius 1 is 1.18 bits per heavy atom. The van der Waals surface area contributed by atoms with Crippen molar-refractivity contribution in [3.8, 4) is 0 Å². The van der Waals surface area contributed by atoms with Gasteiger partial charge in [-0.25, -0.2) is 0 Å².